The summed E-state index contributed by atoms with van der Waals surface area (Å²) in [4.78, 5) is 22.2. The van der Waals surface area contributed by atoms with Gasteiger partial charge < -0.3 is 31.9 Å². The molecule has 0 bridgehead atoms. The van der Waals surface area contributed by atoms with E-state index in [1.54, 1.807) is 20.1 Å². The molecule has 0 aliphatic heterocycles. The Balaban J connectivity index is 0. The van der Waals surface area contributed by atoms with Crippen molar-refractivity contribution >= 4 is 40.6 Å². The van der Waals surface area contributed by atoms with Crippen LogP contribution in [0.4, 0.5) is 0 Å². The van der Waals surface area contributed by atoms with Crippen LogP contribution in [-0.4, -0.2) is 88.3 Å². The van der Waals surface area contributed by atoms with Crippen LogP contribution in [0.2, 0.25) is 52.4 Å². The molecule has 0 saturated heterocycles. The molecule has 0 rings (SSSR count). The average molecular weight is 500 g/mol. The topological polar surface area (TPSA) is 97.7 Å². The van der Waals surface area contributed by atoms with Gasteiger partial charge in [0.2, 0.25) is 5.91 Å². The minimum absolute atomic E-state index is 0.195. The van der Waals surface area contributed by atoms with Gasteiger partial charge in [-0.05, 0) is 64.9 Å². The molecule has 180 valence electrons. The number of carbonyl (C=O) groups is 1. The molecule has 30 heavy (non-hydrogen) atoms. The van der Waals surface area contributed by atoms with E-state index in [0.717, 1.165) is 6.42 Å². The number of nitrogens with zero attached hydrogens (tertiary/aromatic N) is 1. The number of aliphatic hydroxyl groups is 1. The zero-order valence-electron chi connectivity index (χ0n) is 20.7. The maximum atomic E-state index is 11.0. The molecule has 0 saturated carbocycles. The Kier molecular flexibility index (Phi) is 15.8. The Hall–Kier alpha value is -0.162. The van der Waals surface area contributed by atoms with Gasteiger partial charge >= 0.3 is 25.7 Å². The highest BCUT2D eigenvalue weighted by Gasteiger charge is 2.40. The van der Waals surface area contributed by atoms with E-state index in [1.807, 2.05) is 33.1 Å². The van der Waals surface area contributed by atoms with Crippen molar-refractivity contribution in [3.05, 3.63) is 12.7 Å². The SMILES string of the molecule is C=CC(=O)N(C)CC(O)COCCC.C[SiH](C)O[Si](C)(C)O[Si](C)(C)O[Si](C)(C)O. The van der Waals surface area contributed by atoms with Crippen molar-refractivity contribution in [2.75, 3.05) is 26.8 Å². The first-order valence-corrected chi connectivity index (χ1v) is 21.7. The van der Waals surface area contributed by atoms with Crippen molar-refractivity contribution in [2.24, 2.45) is 0 Å². The summed E-state index contributed by atoms with van der Waals surface area (Å²) in [6, 6.07) is 0. The van der Waals surface area contributed by atoms with E-state index < -0.39 is 40.8 Å². The predicted molar refractivity (Wildman–Crippen MR) is 132 cm³/mol. The van der Waals surface area contributed by atoms with Crippen LogP contribution in [0.15, 0.2) is 12.7 Å². The van der Waals surface area contributed by atoms with Crippen molar-refractivity contribution in [3.63, 3.8) is 0 Å². The van der Waals surface area contributed by atoms with Crippen LogP contribution in [0, 0.1) is 0 Å². The Labute approximate surface area is 188 Å². The van der Waals surface area contributed by atoms with Gasteiger partial charge in [0.05, 0.1) is 12.7 Å². The Bertz CT molecular complexity index is 499. The molecule has 1 unspecified atom stereocenters. The van der Waals surface area contributed by atoms with Gasteiger partial charge in [-0.25, -0.2) is 0 Å². The van der Waals surface area contributed by atoms with Gasteiger partial charge in [0.1, 0.15) is 0 Å². The zero-order chi connectivity index (χ0) is 24.2. The standard InChI is InChI=1S/C10H19NO3.C8H26O4Si4/c1-4-6-14-8-9(12)7-11(3)10(13)5-2;1-13(2)10-15(5,6)12-16(7,8)11-14(3,4)9/h5,9,12H,2,4,6-8H2,1,3H3;9,13H,1-8H3. The van der Waals surface area contributed by atoms with E-state index in [9.17, 15) is 14.7 Å². The third kappa shape index (κ3) is 19.8. The van der Waals surface area contributed by atoms with Crippen LogP contribution in [-0.2, 0) is 21.9 Å². The third-order valence-corrected chi connectivity index (χ3v) is 15.3. The second kappa shape index (κ2) is 14.8. The molecule has 2 N–H and O–H groups in total. The highest BCUT2D eigenvalue weighted by Crippen LogP contribution is 2.20. The number of likely N-dealkylation sites (N-methyl/N-ethyl adjacent to an activating group) is 1. The highest BCUT2D eigenvalue weighted by molar-refractivity contribution is 6.85. The summed E-state index contributed by atoms with van der Waals surface area (Å²) >= 11 is 0. The third-order valence-electron chi connectivity index (χ3n) is 3.20. The van der Waals surface area contributed by atoms with Gasteiger partial charge in [0, 0.05) is 20.2 Å². The summed E-state index contributed by atoms with van der Waals surface area (Å²) in [5, 5.41) is 9.44. The van der Waals surface area contributed by atoms with E-state index in [0.29, 0.717) is 6.61 Å². The molecule has 0 heterocycles. The van der Waals surface area contributed by atoms with Crippen LogP contribution in [0.1, 0.15) is 13.3 Å². The average Bonchev–Trinajstić information content (AvgIpc) is 2.49. The molecule has 8 nitrogen and oxygen atoms in total. The Morgan fingerprint density at radius 2 is 1.67 bits per heavy atom. The predicted octanol–water partition coefficient (Wildman–Crippen LogP) is 2.54. The van der Waals surface area contributed by atoms with E-state index >= 15 is 0 Å². The minimum Gasteiger partial charge on any atom is -0.440 e. The molecule has 0 aromatic carbocycles. The smallest absolute Gasteiger partial charge is 0.320 e. The molecule has 0 aliphatic rings. The van der Waals surface area contributed by atoms with Gasteiger partial charge in [0.15, 0.2) is 9.04 Å². The first-order chi connectivity index (χ1) is 13.4. The second-order valence-electron chi connectivity index (χ2n) is 8.77. The molecular weight excluding hydrogens is 455 g/mol. The summed E-state index contributed by atoms with van der Waals surface area (Å²) in [6.07, 6.45) is 1.52. The summed E-state index contributed by atoms with van der Waals surface area (Å²) in [7, 11) is -6.35. The molecule has 0 aliphatic carbocycles. The first-order valence-electron chi connectivity index (χ1n) is 10.4. The fraction of sp³-hybridized carbons (Fsp3) is 0.833. The van der Waals surface area contributed by atoms with E-state index in [2.05, 4.69) is 19.7 Å². The molecular formula is C18H45NO7Si4. The lowest BCUT2D eigenvalue weighted by atomic mass is 10.3. The molecule has 0 aromatic heterocycles. The first kappa shape index (κ1) is 32.0. The van der Waals surface area contributed by atoms with Crippen LogP contribution in [0.5, 0.6) is 0 Å². The van der Waals surface area contributed by atoms with Gasteiger partial charge in [-0.1, -0.05) is 13.5 Å². The molecule has 0 fully saturated rings. The van der Waals surface area contributed by atoms with Crippen molar-refractivity contribution in [3.8, 4) is 0 Å². The van der Waals surface area contributed by atoms with Crippen molar-refractivity contribution in [1.82, 2.24) is 4.90 Å². The number of ether oxygens (including phenoxy) is 1. The fourth-order valence-corrected chi connectivity index (χ4v) is 18.0. The van der Waals surface area contributed by atoms with Gasteiger partial charge in [0.25, 0.3) is 0 Å². The van der Waals surface area contributed by atoms with Crippen LogP contribution in [0.3, 0.4) is 0 Å². The number of rotatable bonds is 13. The quantitative estimate of drug-likeness (QED) is 0.228. The van der Waals surface area contributed by atoms with Gasteiger partial charge in [-0.2, -0.15) is 0 Å². The lowest BCUT2D eigenvalue weighted by Gasteiger charge is -2.36. The number of aliphatic hydroxyl groups excluding tert-OH is 1. The zero-order valence-corrected chi connectivity index (χ0v) is 24.8. The number of hydrogen-bond donors (Lipinski definition) is 2. The number of hydrogen-bond acceptors (Lipinski definition) is 7. The Morgan fingerprint density at radius 1 is 1.13 bits per heavy atom. The summed E-state index contributed by atoms with van der Waals surface area (Å²) in [5.74, 6) is -0.195. The maximum absolute atomic E-state index is 11.0. The molecule has 12 heteroatoms. The minimum atomic E-state index is -2.52. The van der Waals surface area contributed by atoms with Gasteiger partial charge in [-0.3, -0.25) is 4.79 Å². The summed E-state index contributed by atoms with van der Waals surface area (Å²) in [5.41, 5.74) is 0. The van der Waals surface area contributed by atoms with Crippen molar-refractivity contribution < 1.29 is 31.8 Å². The summed E-state index contributed by atoms with van der Waals surface area (Å²) in [6.45, 7) is 22.4. The van der Waals surface area contributed by atoms with Gasteiger partial charge in [-0.15, -0.1) is 0 Å². The van der Waals surface area contributed by atoms with E-state index in [-0.39, 0.29) is 19.1 Å². The van der Waals surface area contributed by atoms with Crippen molar-refractivity contribution in [2.45, 2.75) is 71.8 Å². The number of amides is 1. The monoisotopic (exact) mass is 499 g/mol. The van der Waals surface area contributed by atoms with E-state index in [1.165, 1.54) is 11.0 Å². The molecule has 0 spiro atoms. The molecule has 1 atom stereocenters. The Morgan fingerprint density at radius 3 is 2.07 bits per heavy atom. The maximum Gasteiger partial charge on any atom is 0.320 e. The second-order valence-corrected chi connectivity index (χ2v) is 21.9. The highest BCUT2D eigenvalue weighted by atomic mass is 28.5. The molecule has 0 radical (unpaired) electrons. The van der Waals surface area contributed by atoms with Crippen molar-refractivity contribution in [1.29, 1.82) is 0 Å². The largest absolute Gasteiger partial charge is 0.440 e. The van der Waals surface area contributed by atoms with Crippen LogP contribution >= 0.6 is 0 Å². The lowest BCUT2D eigenvalue weighted by molar-refractivity contribution is -0.126. The fourth-order valence-electron chi connectivity index (χ4n) is 2.78. The van der Waals surface area contributed by atoms with E-state index in [4.69, 9.17) is 17.1 Å². The number of carbonyl (C=O) groups excluding carboxylic acids is 1. The molecule has 0 aromatic rings. The lowest BCUT2D eigenvalue weighted by Crippen LogP contribution is -2.54. The normalized spacial score (nSPS) is 13.5. The van der Waals surface area contributed by atoms with Crippen LogP contribution < -0.4 is 0 Å². The van der Waals surface area contributed by atoms with Crippen LogP contribution in [0.25, 0.3) is 0 Å². The molecule has 1 amide bonds. The summed E-state index contributed by atoms with van der Waals surface area (Å²) < 4.78 is 22.9.